The number of benzene rings is 1. The highest BCUT2D eigenvalue weighted by Gasteiger charge is 2.11. The average molecular weight is 228 g/mol. The van der Waals surface area contributed by atoms with Gasteiger partial charge in [-0.3, -0.25) is 0 Å². The van der Waals surface area contributed by atoms with Crippen molar-refractivity contribution in [1.82, 2.24) is 0 Å². The van der Waals surface area contributed by atoms with Crippen molar-refractivity contribution in [3.8, 4) is 0 Å². The summed E-state index contributed by atoms with van der Waals surface area (Å²) in [5, 5.41) is 0. The molecule has 0 aliphatic rings. The SMILES string of the molecule is C=P(C)(O)OC(=O)OCc1ccccc1. The minimum Gasteiger partial charge on any atom is -0.429 e. The predicted octanol–water partition coefficient (Wildman–Crippen LogP) is 2.24. The summed E-state index contributed by atoms with van der Waals surface area (Å²) in [5.74, 6) is 0. The molecular formula is C10H13O4P. The molecule has 82 valence electrons. The van der Waals surface area contributed by atoms with Crippen LogP contribution in [-0.2, 0) is 15.9 Å². The lowest BCUT2D eigenvalue weighted by Crippen LogP contribution is -2.05. The third kappa shape index (κ3) is 5.25. The maximum atomic E-state index is 11.0. The van der Waals surface area contributed by atoms with Crippen molar-refractivity contribution in [3.05, 3.63) is 35.9 Å². The van der Waals surface area contributed by atoms with Gasteiger partial charge in [-0.05, 0) is 11.9 Å². The van der Waals surface area contributed by atoms with Crippen LogP contribution in [0.4, 0.5) is 4.79 Å². The van der Waals surface area contributed by atoms with Crippen LogP contribution in [0.2, 0.25) is 0 Å². The number of hydrogen-bond donors (Lipinski definition) is 1. The van der Waals surface area contributed by atoms with Gasteiger partial charge in [0.2, 0.25) is 0 Å². The first-order chi connectivity index (χ1) is 6.97. The zero-order valence-corrected chi connectivity index (χ0v) is 9.31. The van der Waals surface area contributed by atoms with Gasteiger partial charge in [-0.25, -0.2) is 4.79 Å². The van der Waals surface area contributed by atoms with Crippen LogP contribution < -0.4 is 0 Å². The second-order valence-electron chi connectivity index (χ2n) is 3.17. The molecule has 15 heavy (non-hydrogen) atoms. The van der Waals surface area contributed by atoms with Gasteiger partial charge in [0, 0.05) is 6.66 Å². The Morgan fingerprint density at radius 3 is 2.60 bits per heavy atom. The average Bonchev–Trinajstić information content (AvgIpc) is 2.14. The van der Waals surface area contributed by atoms with Crippen molar-refractivity contribution in [3.63, 3.8) is 0 Å². The first kappa shape index (κ1) is 11.8. The topological polar surface area (TPSA) is 55.8 Å². The van der Waals surface area contributed by atoms with E-state index in [1.165, 1.54) is 6.66 Å². The standard InChI is InChI=1S/C10H13O4P/c1-15(2,12)14-10(11)13-8-9-6-4-3-5-7-9/h3-7,12H,1,8H2,2H3. The van der Waals surface area contributed by atoms with E-state index in [9.17, 15) is 4.79 Å². The molecule has 1 aromatic carbocycles. The van der Waals surface area contributed by atoms with Crippen LogP contribution in [0.15, 0.2) is 30.3 Å². The molecule has 4 nitrogen and oxygen atoms in total. The van der Waals surface area contributed by atoms with E-state index in [1.54, 1.807) is 0 Å². The largest absolute Gasteiger partial charge is 0.513 e. The van der Waals surface area contributed by atoms with Crippen LogP contribution in [0.25, 0.3) is 0 Å². The molecule has 0 saturated carbocycles. The molecule has 0 amide bonds. The lowest BCUT2D eigenvalue weighted by molar-refractivity contribution is 0.0934. The molecule has 5 heteroatoms. The monoisotopic (exact) mass is 228 g/mol. The minimum atomic E-state index is -2.82. The van der Waals surface area contributed by atoms with Gasteiger partial charge in [0.1, 0.15) is 6.61 Å². The quantitative estimate of drug-likeness (QED) is 0.636. The Labute approximate surface area is 88.6 Å². The number of rotatable bonds is 3. The van der Waals surface area contributed by atoms with Gasteiger partial charge in [-0.15, -0.1) is 0 Å². The second-order valence-corrected chi connectivity index (χ2v) is 5.45. The minimum absolute atomic E-state index is 0.125. The van der Waals surface area contributed by atoms with Gasteiger partial charge in [-0.2, -0.15) is 0 Å². The molecule has 0 saturated heterocycles. The Bertz CT molecular complexity index is 368. The number of ether oxygens (including phenoxy) is 1. The predicted molar refractivity (Wildman–Crippen MR) is 59.9 cm³/mol. The van der Waals surface area contributed by atoms with Gasteiger partial charge in [0.05, 0.1) is 0 Å². The fourth-order valence-corrected chi connectivity index (χ4v) is 1.28. The normalized spacial score (nSPS) is 14.0. The number of carbonyl (C=O) groups is 1. The van der Waals surface area contributed by atoms with E-state index in [2.05, 4.69) is 10.8 Å². The van der Waals surface area contributed by atoms with Gasteiger partial charge in [0.25, 0.3) is 0 Å². The highest BCUT2D eigenvalue weighted by atomic mass is 31.2. The molecule has 1 atom stereocenters. The Kier molecular flexibility index (Phi) is 3.95. The summed E-state index contributed by atoms with van der Waals surface area (Å²) in [6.45, 7) is 1.48. The van der Waals surface area contributed by atoms with Crippen molar-refractivity contribution < 1.29 is 18.9 Å². The maximum absolute atomic E-state index is 11.0. The molecule has 0 spiro atoms. The third-order valence-electron chi connectivity index (χ3n) is 1.47. The van der Waals surface area contributed by atoms with Gasteiger partial charge < -0.3 is 14.2 Å². The molecular weight excluding hydrogens is 215 g/mol. The number of carbonyl (C=O) groups excluding carboxylic acids is 1. The summed E-state index contributed by atoms with van der Waals surface area (Å²) in [4.78, 5) is 20.2. The Balaban J connectivity index is 2.39. The summed E-state index contributed by atoms with van der Waals surface area (Å²) in [6.07, 6.45) is 2.41. The van der Waals surface area contributed by atoms with E-state index in [-0.39, 0.29) is 6.61 Å². The van der Waals surface area contributed by atoms with Crippen molar-refractivity contribution in [1.29, 1.82) is 0 Å². The van der Waals surface area contributed by atoms with Crippen LogP contribution >= 0.6 is 7.34 Å². The molecule has 0 bridgehead atoms. The Hall–Kier alpha value is -1.25. The van der Waals surface area contributed by atoms with E-state index in [1.807, 2.05) is 30.3 Å². The third-order valence-corrected chi connectivity index (χ3v) is 2.01. The van der Waals surface area contributed by atoms with Gasteiger partial charge in [-0.1, -0.05) is 30.3 Å². The van der Waals surface area contributed by atoms with Gasteiger partial charge >= 0.3 is 6.16 Å². The maximum Gasteiger partial charge on any atom is 0.513 e. The first-order valence-corrected chi connectivity index (χ1v) is 6.60. The highest BCUT2D eigenvalue weighted by molar-refractivity contribution is 7.63. The molecule has 0 radical (unpaired) electrons. The van der Waals surface area contributed by atoms with E-state index >= 15 is 0 Å². The van der Waals surface area contributed by atoms with E-state index in [0.29, 0.717) is 0 Å². The summed E-state index contributed by atoms with van der Waals surface area (Å²) in [5.41, 5.74) is 0.858. The molecule has 1 rings (SSSR count). The summed E-state index contributed by atoms with van der Waals surface area (Å²) in [7, 11) is -2.82. The van der Waals surface area contributed by atoms with Crippen molar-refractivity contribution >= 4 is 19.8 Å². The van der Waals surface area contributed by atoms with Crippen molar-refractivity contribution in [2.45, 2.75) is 6.61 Å². The Morgan fingerprint density at radius 2 is 2.07 bits per heavy atom. The van der Waals surface area contributed by atoms with Crippen LogP contribution in [0.3, 0.4) is 0 Å². The fraction of sp³-hybridized carbons (Fsp3) is 0.200. The molecule has 1 N–H and O–H groups in total. The molecule has 0 heterocycles. The summed E-state index contributed by atoms with van der Waals surface area (Å²) in [6, 6.07) is 9.20. The fourth-order valence-electron chi connectivity index (χ4n) is 0.903. The van der Waals surface area contributed by atoms with E-state index < -0.39 is 13.5 Å². The van der Waals surface area contributed by atoms with Gasteiger partial charge in [0.15, 0.2) is 7.34 Å². The number of hydrogen-bond acceptors (Lipinski definition) is 4. The molecule has 0 aliphatic heterocycles. The summed E-state index contributed by atoms with van der Waals surface area (Å²) < 4.78 is 9.32. The molecule has 0 aromatic heterocycles. The molecule has 0 aliphatic carbocycles. The van der Waals surface area contributed by atoms with Crippen molar-refractivity contribution in [2.24, 2.45) is 0 Å². The zero-order chi connectivity index (χ0) is 11.3. The van der Waals surface area contributed by atoms with Crippen LogP contribution in [0, 0.1) is 0 Å². The smallest absolute Gasteiger partial charge is 0.429 e. The van der Waals surface area contributed by atoms with E-state index in [0.717, 1.165) is 5.56 Å². The molecule has 0 fully saturated rings. The second kappa shape index (κ2) is 5.01. The highest BCUT2D eigenvalue weighted by Crippen LogP contribution is 2.36. The Morgan fingerprint density at radius 1 is 1.47 bits per heavy atom. The van der Waals surface area contributed by atoms with Crippen LogP contribution in [0.1, 0.15) is 5.56 Å². The lowest BCUT2D eigenvalue weighted by atomic mass is 10.2. The zero-order valence-electron chi connectivity index (χ0n) is 8.42. The van der Waals surface area contributed by atoms with Crippen molar-refractivity contribution in [2.75, 3.05) is 6.66 Å². The van der Waals surface area contributed by atoms with Crippen LogP contribution in [-0.4, -0.2) is 24.0 Å². The van der Waals surface area contributed by atoms with Crippen LogP contribution in [0.5, 0.6) is 0 Å². The first-order valence-electron chi connectivity index (χ1n) is 4.31. The summed E-state index contributed by atoms with van der Waals surface area (Å²) >= 11 is 0. The lowest BCUT2D eigenvalue weighted by Gasteiger charge is -2.11. The molecule has 1 unspecified atom stereocenters. The molecule has 1 aromatic rings. The van der Waals surface area contributed by atoms with E-state index in [4.69, 9.17) is 9.63 Å².